The van der Waals surface area contributed by atoms with Crippen LogP contribution < -0.4 is 14.2 Å². The molecular formula is C22H28ClNO4. The fourth-order valence-corrected chi connectivity index (χ4v) is 3.28. The number of benzene rings is 1. The van der Waals surface area contributed by atoms with Crippen LogP contribution in [0.3, 0.4) is 0 Å². The van der Waals surface area contributed by atoms with Gasteiger partial charge in [0, 0.05) is 18.8 Å². The molecule has 1 aromatic heterocycles. The number of methoxy groups -OCH3 is 2. The van der Waals surface area contributed by atoms with Crippen LogP contribution in [0.25, 0.3) is 0 Å². The van der Waals surface area contributed by atoms with Gasteiger partial charge in [0.05, 0.1) is 31.4 Å². The van der Waals surface area contributed by atoms with Crippen molar-refractivity contribution in [1.82, 2.24) is 4.98 Å². The number of hydrogen-bond acceptors (Lipinski definition) is 5. The topological polar surface area (TPSA) is 57.7 Å². The number of carbonyl (C=O) groups is 1. The highest BCUT2D eigenvalue weighted by Gasteiger charge is 2.22. The van der Waals surface area contributed by atoms with E-state index in [1.165, 1.54) is 0 Å². The first-order chi connectivity index (χ1) is 13.5. The highest BCUT2D eigenvalue weighted by molar-refractivity contribution is 6.31. The summed E-state index contributed by atoms with van der Waals surface area (Å²) in [6.45, 7) is 4.56. The van der Waals surface area contributed by atoms with Crippen molar-refractivity contribution in [1.29, 1.82) is 0 Å². The molecule has 0 fully saturated rings. The average molecular weight is 406 g/mol. The Morgan fingerprint density at radius 3 is 2.50 bits per heavy atom. The summed E-state index contributed by atoms with van der Waals surface area (Å²) in [6.07, 6.45) is 7.72. The normalized spacial score (nSPS) is 10.6. The first kappa shape index (κ1) is 22.0. The van der Waals surface area contributed by atoms with Crippen molar-refractivity contribution < 1.29 is 19.0 Å². The molecule has 2 aromatic rings. The van der Waals surface area contributed by atoms with Gasteiger partial charge in [0.1, 0.15) is 0 Å². The van der Waals surface area contributed by atoms with Crippen molar-refractivity contribution in [2.45, 2.75) is 46.0 Å². The van der Waals surface area contributed by atoms with E-state index in [-0.39, 0.29) is 12.2 Å². The lowest BCUT2D eigenvalue weighted by Crippen LogP contribution is -2.11. The Morgan fingerprint density at radius 1 is 1.07 bits per heavy atom. The van der Waals surface area contributed by atoms with E-state index < -0.39 is 0 Å². The van der Waals surface area contributed by atoms with Gasteiger partial charge in [0.25, 0.3) is 0 Å². The molecule has 0 bridgehead atoms. The van der Waals surface area contributed by atoms with Gasteiger partial charge in [-0.15, -0.1) is 0 Å². The van der Waals surface area contributed by atoms with Gasteiger partial charge in [0.15, 0.2) is 17.3 Å². The summed E-state index contributed by atoms with van der Waals surface area (Å²) in [5.41, 5.74) is 2.11. The van der Waals surface area contributed by atoms with E-state index >= 15 is 0 Å². The Hall–Kier alpha value is -2.27. The van der Waals surface area contributed by atoms with E-state index in [1.807, 2.05) is 6.92 Å². The van der Waals surface area contributed by atoms with Crippen LogP contribution in [0.1, 0.15) is 54.1 Å². The van der Waals surface area contributed by atoms with Crippen molar-refractivity contribution in [3.8, 4) is 17.2 Å². The van der Waals surface area contributed by atoms with Gasteiger partial charge in [-0.1, -0.05) is 37.8 Å². The van der Waals surface area contributed by atoms with E-state index in [1.54, 1.807) is 38.7 Å². The minimum Gasteiger partial charge on any atom is -0.493 e. The van der Waals surface area contributed by atoms with Crippen LogP contribution in [0, 0.1) is 6.92 Å². The predicted molar refractivity (Wildman–Crippen MR) is 111 cm³/mol. The van der Waals surface area contributed by atoms with Crippen LogP contribution in [0.2, 0.25) is 5.02 Å². The van der Waals surface area contributed by atoms with Crippen molar-refractivity contribution in [3.05, 3.63) is 46.2 Å². The van der Waals surface area contributed by atoms with Gasteiger partial charge in [-0.3, -0.25) is 9.78 Å². The van der Waals surface area contributed by atoms with E-state index in [4.69, 9.17) is 25.8 Å². The molecule has 1 aromatic carbocycles. The smallest absolute Gasteiger partial charge is 0.204 e. The zero-order valence-electron chi connectivity index (χ0n) is 17.0. The zero-order chi connectivity index (χ0) is 20.5. The molecule has 0 spiro atoms. The molecule has 0 aliphatic carbocycles. The maximum Gasteiger partial charge on any atom is 0.204 e. The Bertz CT molecular complexity index is 787. The van der Waals surface area contributed by atoms with Gasteiger partial charge >= 0.3 is 0 Å². The van der Waals surface area contributed by atoms with E-state index in [9.17, 15) is 4.79 Å². The third-order valence-corrected chi connectivity index (χ3v) is 4.93. The fourth-order valence-electron chi connectivity index (χ4n) is 3.00. The third-order valence-electron chi connectivity index (χ3n) is 4.60. The Kier molecular flexibility index (Phi) is 8.58. The molecule has 0 radical (unpaired) electrons. The first-order valence-electron chi connectivity index (χ1n) is 9.53. The van der Waals surface area contributed by atoms with Crippen LogP contribution >= 0.6 is 11.6 Å². The summed E-state index contributed by atoms with van der Waals surface area (Å²) in [4.78, 5) is 17.1. The lowest BCUT2D eigenvalue weighted by Gasteiger charge is -2.17. The molecule has 0 N–H and O–H groups in total. The Morgan fingerprint density at radius 2 is 1.86 bits per heavy atom. The molecule has 5 nitrogen and oxygen atoms in total. The fraction of sp³-hybridized carbons (Fsp3) is 0.455. The van der Waals surface area contributed by atoms with Crippen molar-refractivity contribution in [2.24, 2.45) is 0 Å². The summed E-state index contributed by atoms with van der Waals surface area (Å²) in [7, 11) is 3.10. The van der Waals surface area contributed by atoms with Gasteiger partial charge in [0.2, 0.25) is 5.75 Å². The second-order valence-corrected chi connectivity index (χ2v) is 7.01. The summed E-state index contributed by atoms with van der Waals surface area (Å²) in [6, 6.07) is 3.44. The summed E-state index contributed by atoms with van der Waals surface area (Å²) < 4.78 is 16.9. The van der Waals surface area contributed by atoms with Crippen LogP contribution in [0.15, 0.2) is 24.5 Å². The maximum atomic E-state index is 13.1. The molecule has 0 aliphatic heterocycles. The SMILES string of the molecule is CCCCCCOc1c(C(=O)Cc2c(C)cncc2Cl)ccc(OC)c1OC. The number of aromatic nitrogens is 1. The molecule has 0 unspecified atom stereocenters. The maximum absolute atomic E-state index is 13.1. The number of aryl methyl sites for hydroxylation is 1. The lowest BCUT2D eigenvalue weighted by atomic mass is 9.99. The van der Waals surface area contributed by atoms with Crippen LogP contribution in [-0.2, 0) is 6.42 Å². The Balaban J connectivity index is 2.32. The molecule has 0 aliphatic rings. The molecule has 0 amide bonds. The highest BCUT2D eigenvalue weighted by atomic mass is 35.5. The molecule has 2 rings (SSSR count). The average Bonchev–Trinajstić information content (AvgIpc) is 2.69. The van der Waals surface area contributed by atoms with Gasteiger partial charge in [-0.25, -0.2) is 0 Å². The number of ketones is 1. The van der Waals surface area contributed by atoms with E-state index in [0.29, 0.717) is 34.4 Å². The molecule has 152 valence electrons. The second-order valence-electron chi connectivity index (χ2n) is 6.60. The second kappa shape index (κ2) is 10.9. The van der Waals surface area contributed by atoms with Gasteiger partial charge in [-0.2, -0.15) is 0 Å². The summed E-state index contributed by atoms with van der Waals surface area (Å²) in [5, 5.41) is 0.482. The zero-order valence-corrected chi connectivity index (χ0v) is 17.8. The van der Waals surface area contributed by atoms with Gasteiger partial charge in [-0.05, 0) is 36.6 Å². The number of hydrogen-bond donors (Lipinski definition) is 0. The van der Waals surface area contributed by atoms with E-state index in [2.05, 4.69) is 11.9 Å². The van der Waals surface area contributed by atoms with Gasteiger partial charge < -0.3 is 14.2 Å². The number of carbonyl (C=O) groups excluding carboxylic acids is 1. The number of rotatable bonds is 11. The van der Waals surface area contributed by atoms with Crippen molar-refractivity contribution >= 4 is 17.4 Å². The van der Waals surface area contributed by atoms with Crippen molar-refractivity contribution in [3.63, 3.8) is 0 Å². The minimum absolute atomic E-state index is 0.0966. The quantitative estimate of drug-likeness (QED) is 0.367. The number of nitrogens with zero attached hydrogens (tertiary/aromatic N) is 1. The molecule has 1 heterocycles. The first-order valence-corrected chi connectivity index (χ1v) is 9.91. The lowest BCUT2D eigenvalue weighted by molar-refractivity contribution is 0.0987. The van der Waals surface area contributed by atoms with Crippen LogP contribution in [0.5, 0.6) is 17.2 Å². The largest absolute Gasteiger partial charge is 0.493 e. The number of Topliss-reactive ketones (excluding diaryl/α,β-unsaturated/α-hetero) is 1. The molecule has 0 saturated heterocycles. The number of pyridine rings is 1. The monoisotopic (exact) mass is 405 g/mol. The molecule has 0 saturated carbocycles. The van der Waals surface area contributed by atoms with E-state index in [0.717, 1.165) is 36.8 Å². The van der Waals surface area contributed by atoms with Crippen molar-refractivity contribution in [2.75, 3.05) is 20.8 Å². The number of unbranched alkanes of at least 4 members (excludes halogenated alkanes) is 3. The molecule has 0 atom stereocenters. The third kappa shape index (κ3) is 5.38. The van der Waals surface area contributed by atoms with Crippen LogP contribution in [-0.4, -0.2) is 31.6 Å². The highest BCUT2D eigenvalue weighted by Crippen LogP contribution is 2.40. The standard InChI is InChI=1S/C22H28ClNO4/c1-5-6-7-8-11-28-21-16(9-10-20(26-3)22(21)27-4)19(25)12-17-15(2)13-24-14-18(17)23/h9-10,13-14H,5-8,11-12H2,1-4H3. The summed E-state index contributed by atoms with van der Waals surface area (Å²) >= 11 is 6.25. The Labute approximate surface area is 172 Å². The molecule has 6 heteroatoms. The van der Waals surface area contributed by atoms with Crippen LogP contribution in [0.4, 0.5) is 0 Å². The number of halogens is 1. The minimum atomic E-state index is -0.0966. The predicted octanol–water partition coefficient (Wildman–Crippen LogP) is 5.45. The summed E-state index contributed by atoms with van der Waals surface area (Å²) in [5.74, 6) is 1.29. The number of ether oxygens (including phenoxy) is 3. The molecular weight excluding hydrogens is 378 g/mol. The molecule has 28 heavy (non-hydrogen) atoms.